The molecule has 0 bridgehead atoms. The monoisotopic (exact) mass is 219 g/mol. The van der Waals surface area contributed by atoms with Crippen molar-refractivity contribution in [2.24, 2.45) is 0 Å². The lowest BCUT2D eigenvalue weighted by molar-refractivity contribution is -0.000592. The fourth-order valence-corrected chi connectivity index (χ4v) is 2.24. The van der Waals surface area contributed by atoms with Crippen molar-refractivity contribution < 1.29 is 8.78 Å². The van der Waals surface area contributed by atoms with Gasteiger partial charge in [0.25, 0.3) is 5.92 Å². The summed E-state index contributed by atoms with van der Waals surface area (Å²) in [6.07, 6.45) is 1.05. The predicted molar refractivity (Wildman–Crippen MR) is 50.9 cm³/mol. The van der Waals surface area contributed by atoms with Gasteiger partial charge in [-0.3, -0.25) is 0 Å². The fraction of sp³-hybridized carbons (Fsp3) is 0.750. The molecule has 0 aliphatic heterocycles. The van der Waals surface area contributed by atoms with E-state index in [2.05, 4.69) is 14.7 Å². The number of aromatic nitrogens is 2. The van der Waals surface area contributed by atoms with Gasteiger partial charge >= 0.3 is 0 Å². The van der Waals surface area contributed by atoms with Crippen LogP contribution < -0.4 is 5.32 Å². The molecule has 1 aliphatic rings. The van der Waals surface area contributed by atoms with Crippen molar-refractivity contribution in [2.45, 2.75) is 38.2 Å². The minimum Gasteiger partial charge on any atom is -0.351 e. The summed E-state index contributed by atoms with van der Waals surface area (Å²) in [6.45, 7) is 1.74. The maximum Gasteiger partial charge on any atom is 0.267 e. The van der Waals surface area contributed by atoms with E-state index in [0.717, 1.165) is 11.5 Å². The summed E-state index contributed by atoms with van der Waals surface area (Å²) in [6, 6.07) is -0.769. The SMILES string of the molecule is Cc1nsc(NC2CCCC2(F)F)n1. The van der Waals surface area contributed by atoms with E-state index < -0.39 is 12.0 Å². The van der Waals surface area contributed by atoms with Crippen LogP contribution in [0.25, 0.3) is 0 Å². The molecule has 0 radical (unpaired) electrons. The van der Waals surface area contributed by atoms with Gasteiger partial charge in [-0.2, -0.15) is 4.37 Å². The highest BCUT2D eigenvalue weighted by Gasteiger charge is 2.44. The van der Waals surface area contributed by atoms with Crippen molar-refractivity contribution in [1.29, 1.82) is 0 Å². The zero-order chi connectivity index (χ0) is 10.2. The second-order valence-corrected chi connectivity index (χ2v) is 4.25. The normalized spacial score (nSPS) is 25.2. The molecular weight excluding hydrogens is 208 g/mol. The molecule has 0 aromatic carbocycles. The number of rotatable bonds is 2. The highest BCUT2D eigenvalue weighted by Crippen LogP contribution is 2.37. The van der Waals surface area contributed by atoms with Gasteiger partial charge in [-0.05, 0) is 19.8 Å². The lowest BCUT2D eigenvalue weighted by Gasteiger charge is -2.19. The lowest BCUT2D eigenvalue weighted by Crippen LogP contribution is -2.34. The molecule has 1 heterocycles. The number of nitrogens with zero attached hydrogens (tertiary/aromatic N) is 2. The maximum atomic E-state index is 13.2. The lowest BCUT2D eigenvalue weighted by atomic mass is 10.2. The van der Waals surface area contributed by atoms with Crippen LogP contribution in [-0.2, 0) is 0 Å². The maximum absolute atomic E-state index is 13.2. The first-order valence-corrected chi connectivity index (χ1v) is 5.30. The van der Waals surface area contributed by atoms with E-state index in [1.165, 1.54) is 0 Å². The standard InChI is InChI=1S/C8H11F2N3S/c1-5-11-7(14-13-5)12-6-3-2-4-8(6,9)10/h6H,2-4H2,1H3,(H,11,12,13). The number of aryl methyl sites for hydroxylation is 1. The van der Waals surface area contributed by atoms with Gasteiger partial charge in [-0.15, -0.1) is 0 Å². The Hall–Kier alpha value is -0.780. The molecule has 0 amide bonds. The van der Waals surface area contributed by atoms with E-state index in [1.54, 1.807) is 6.92 Å². The zero-order valence-corrected chi connectivity index (χ0v) is 8.57. The van der Waals surface area contributed by atoms with Gasteiger partial charge in [0.15, 0.2) is 0 Å². The summed E-state index contributed by atoms with van der Waals surface area (Å²) in [5.41, 5.74) is 0. The second kappa shape index (κ2) is 3.42. The Morgan fingerprint density at radius 3 is 2.86 bits per heavy atom. The summed E-state index contributed by atoms with van der Waals surface area (Å²) in [4.78, 5) is 4.00. The van der Waals surface area contributed by atoms with E-state index in [-0.39, 0.29) is 6.42 Å². The van der Waals surface area contributed by atoms with Crippen molar-refractivity contribution in [1.82, 2.24) is 9.36 Å². The molecule has 1 aromatic rings. The van der Waals surface area contributed by atoms with Crippen LogP contribution in [0.15, 0.2) is 0 Å². The largest absolute Gasteiger partial charge is 0.351 e. The smallest absolute Gasteiger partial charge is 0.267 e. The van der Waals surface area contributed by atoms with Gasteiger partial charge in [-0.1, -0.05) is 0 Å². The Labute approximate surface area is 84.7 Å². The number of hydrogen-bond donors (Lipinski definition) is 1. The Morgan fingerprint density at radius 1 is 1.57 bits per heavy atom. The molecule has 6 heteroatoms. The van der Waals surface area contributed by atoms with E-state index in [0.29, 0.717) is 23.8 Å². The molecule has 14 heavy (non-hydrogen) atoms. The van der Waals surface area contributed by atoms with E-state index in [1.807, 2.05) is 0 Å². The van der Waals surface area contributed by atoms with Crippen LogP contribution in [0.1, 0.15) is 25.1 Å². The molecule has 78 valence electrons. The number of nitrogens with one attached hydrogen (secondary N) is 1. The van der Waals surface area contributed by atoms with Gasteiger partial charge in [0.05, 0.1) is 6.04 Å². The van der Waals surface area contributed by atoms with Gasteiger partial charge in [0.1, 0.15) is 5.82 Å². The molecule has 1 aliphatic carbocycles. The predicted octanol–water partition coefficient (Wildman–Crippen LogP) is 2.45. The van der Waals surface area contributed by atoms with Crippen LogP contribution in [-0.4, -0.2) is 21.3 Å². The second-order valence-electron chi connectivity index (χ2n) is 3.50. The molecule has 1 saturated carbocycles. The third kappa shape index (κ3) is 1.84. The summed E-state index contributed by atoms with van der Waals surface area (Å²) in [5.74, 6) is -1.97. The van der Waals surface area contributed by atoms with Gasteiger partial charge in [-0.25, -0.2) is 13.8 Å². The van der Waals surface area contributed by atoms with Crippen molar-refractivity contribution >= 4 is 16.7 Å². The first kappa shape index (κ1) is 9.76. The highest BCUT2D eigenvalue weighted by atomic mass is 32.1. The van der Waals surface area contributed by atoms with Gasteiger partial charge in [0, 0.05) is 18.0 Å². The Kier molecular flexibility index (Phi) is 2.38. The Morgan fingerprint density at radius 2 is 2.36 bits per heavy atom. The van der Waals surface area contributed by atoms with Crippen molar-refractivity contribution in [3.63, 3.8) is 0 Å². The van der Waals surface area contributed by atoms with Gasteiger partial charge in [0.2, 0.25) is 5.13 Å². The summed E-state index contributed by atoms with van der Waals surface area (Å²) >= 11 is 1.13. The van der Waals surface area contributed by atoms with Crippen molar-refractivity contribution in [3.8, 4) is 0 Å². The topological polar surface area (TPSA) is 37.8 Å². The first-order valence-electron chi connectivity index (χ1n) is 4.52. The number of hydrogen-bond acceptors (Lipinski definition) is 4. The summed E-state index contributed by atoms with van der Waals surface area (Å²) < 4.78 is 30.3. The minimum absolute atomic E-state index is 0.0253. The third-order valence-electron chi connectivity index (χ3n) is 2.34. The molecule has 1 atom stereocenters. The summed E-state index contributed by atoms with van der Waals surface area (Å²) in [5, 5.41) is 3.24. The average molecular weight is 219 g/mol. The zero-order valence-electron chi connectivity index (χ0n) is 7.76. The van der Waals surface area contributed by atoms with Crippen LogP contribution in [0, 0.1) is 6.92 Å². The molecule has 1 aromatic heterocycles. The Bertz CT molecular complexity index is 326. The van der Waals surface area contributed by atoms with Crippen LogP contribution in [0.3, 0.4) is 0 Å². The Balaban J connectivity index is 2.04. The van der Waals surface area contributed by atoms with Crippen LogP contribution in [0.4, 0.5) is 13.9 Å². The molecule has 1 unspecified atom stereocenters. The van der Waals surface area contributed by atoms with Crippen LogP contribution in [0.5, 0.6) is 0 Å². The number of alkyl halides is 2. The molecule has 1 fully saturated rings. The van der Waals surface area contributed by atoms with Crippen molar-refractivity contribution in [2.75, 3.05) is 5.32 Å². The third-order valence-corrected chi connectivity index (χ3v) is 3.08. The number of anilines is 1. The quantitative estimate of drug-likeness (QED) is 0.830. The molecule has 1 N–H and O–H groups in total. The van der Waals surface area contributed by atoms with Crippen LogP contribution >= 0.6 is 11.5 Å². The summed E-state index contributed by atoms with van der Waals surface area (Å²) in [7, 11) is 0. The highest BCUT2D eigenvalue weighted by molar-refractivity contribution is 7.09. The van der Waals surface area contributed by atoms with Crippen LogP contribution in [0.2, 0.25) is 0 Å². The molecule has 0 spiro atoms. The average Bonchev–Trinajstić information content (AvgIpc) is 2.61. The molecule has 0 saturated heterocycles. The number of halogens is 2. The first-order chi connectivity index (χ1) is 6.58. The van der Waals surface area contributed by atoms with Crippen molar-refractivity contribution in [3.05, 3.63) is 5.82 Å². The molecule has 2 rings (SSSR count). The van der Waals surface area contributed by atoms with E-state index in [9.17, 15) is 8.78 Å². The molecular formula is C8H11F2N3S. The molecule has 3 nitrogen and oxygen atoms in total. The fourth-order valence-electron chi connectivity index (χ4n) is 1.61. The van der Waals surface area contributed by atoms with Gasteiger partial charge < -0.3 is 5.32 Å². The minimum atomic E-state index is -2.60. The van der Waals surface area contributed by atoms with E-state index >= 15 is 0 Å². The van der Waals surface area contributed by atoms with E-state index in [4.69, 9.17) is 0 Å².